The molecule has 0 radical (unpaired) electrons. The Morgan fingerprint density at radius 3 is 2.46 bits per heavy atom. The van der Waals surface area contributed by atoms with E-state index in [4.69, 9.17) is 5.48 Å². The van der Waals surface area contributed by atoms with E-state index in [-0.39, 0.29) is 108 Å². The third-order valence-electron chi connectivity index (χ3n) is 9.80. The molecule has 0 amide bonds. The van der Waals surface area contributed by atoms with Crippen LogP contribution in [0.3, 0.4) is 0 Å². The summed E-state index contributed by atoms with van der Waals surface area (Å²) in [6, 6.07) is 0. The van der Waals surface area contributed by atoms with Gasteiger partial charge in [-0.3, -0.25) is 4.18 Å². The zero-order valence-corrected chi connectivity index (χ0v) is 26.2. The van der Waals surface area contributed by atoms with Crippen LogP contribution in [0.2, 0.25) is 0 Å². The van der Waals surface area contributed by atoms with Gasteiger partial charge in [-0.1, -0.05) is 20.8 Å². The van der Waals surface area contributed by atoms with Crippen LogP contribution in [0.5, 0.6) is 0 Å². The summed E-state index contributed by atoms with van der Waals surface area (Å²) in [6.07, 6.45) is -7.31. The topological polar surface area (TPSA) is 147 Å². The van der Waals surface area contributed by atoms with Crippen LogP contribution in [0.1, 0.15) is 83.9 Å². The zero-order chi connectivity index (χ0) is 27.9. The van der Waals surface area contributed by atoms with Crippen molar-refractivity contribution in [1.82, 2.24) is 0 Å². The molecule has 3 unspecified atom stereocenters. The molecule has 0 aromatic heterocycles. The Morgan fingerprint density at radius 2 is 1.86 bits per heavy atom. The van der Waals surface area contributed by atoms with E-state index in [0.29, 0.717) is 12.8 Å². The number of rotatable bonds is 6. The molecule has 4 rings (SSSR count). The molecule has 0 aromatic rings. The number of carboxylic acids is 1. The quantitative estimate of drug-likeness (QED) is 0.197. The van der Waals surface area contributed by atoms with E-state index in [9.17, 15) is 33.1 Å². The summed E-state index contributed by atoms with van der Waals surface area (Å²) in [4.78, 5) is 11.0. The van der Waals surface area contributed by atoms with Crippen LogP contribution in [-0.2, 0) is 19.4 Å². The summed E-state index contributed by atoms with van der Waals surface area (Å²) in [7, 11) is -5.39. The van der Waals surface area contributed by atoms with Gasteiger partial charge in [-0.05, 0) is 104 Å². The van der Waals surface area contributed by atoms with Gasteiger partial charge in [-0.2, -0.15) is 0 Å². The van der Waals surface area contributed by atoms with Crippen LogP contribution in [0.4, 0.5) is 0 Å². The van der Waals surface area contributed by atoms with Crippen molar-refractivity contribution in [2.45, 2.75) is 96.8 Å². The second kappa shape index (κ2) is 11.8. The second-order valence-corrected chi connectivity index (χ2v) is 12.3. The minimum absolute atomic E-state index is 0. The van der Waals surface area contributed by atoms with Crippen molar-refractivity contribution in [1.29, 1.82) is 0 Å². The Bertz CT molecular complexity index is 1040. The average molecular weight is 537 g/mol. The maximum atomic E-state index is 11.6. The van der Waals surface area contributed by atoms with Crippen LogP contribution >= 0.6 is 0 Å². The molecule has 0 aliphatic heterocycles. The number of fused-ring (bicyclic) bond motifs is 5. The molecule has 0 spiro atoms. The van der Waals surface area contributed by atoms with Crippen molar-refractivity contribution < 1.29 is 102 Å². The molecule has 4 fully saturated rings. The van der Waals surface area contributed by atoms with Gasteiger partial charge in [-0.25, -0.2) is 8.42 Å². The molecule has 4 aliphatic carbocycles. The number of carboxylic acid groups (broad SMARTS) is 1. The summed E-state index contributed by atoms with van der Waals surface area (Å²) < 4.78 is 73.1. The van der Waals surface area contributed by atoms with Crippen molar-refractivity contribution >= 4 is 16.4 Å². The Balaban J connectivity index is 0.00000267. The molecule has 11 heteroatoms. The predicted molar refractivity (Wildman–Crippen MR) is 116 cm³/mol. The number of hydrogen-bond donors (Lipinski definition) is 2. The molecular weight excluding hydrogens is 494 g/mol. The van der Waals surface area contributed by atoms with E-state index >= 15 is 0 Å². The predicted octanol–water partition coefficient (Wildman–Crippen LogP) is -4.39. The first-order valence-electron chi connectivity index (χ1n) is 14.0. The first-order chi connectivity index (χ1) is 16.8. The number of aliphatic hydroxyl groups is 2. The normalized spacial score (nSPS) is 50.2. The molecule has 0 saturated heterocycles. The Morgan fingerprint density at radius 1 is 1.20 bits per heavy atom. The smallest absolute Gasteiger partial charge is 0.726 e. The number of hydrogen-bond acceptors (Lipinski definition) is 8. The number of carbonyl (C=O) groups is 1. The van der Waals surface area contributed by atoms with E-state index < -0.39 is 70.1 Å². The monoisotopic (exact) mass is 536 g/mol. The molecule has 4 aliphatic rings. The summed E-state index contributed by atoms with van der Waals surface area (Å²) in [5.74, 6) is -2.99. The van der Waals surface area contributed by atoms with Gasteiger partial charge in [-0.15, -0.1) is 0 Å². The number of aliphatic carboxylic acids is 1. The van der Waals surface area contributed by atoms with Crippen molar-refractivity contribution in [3.8, 4) is 0 Å². The number of aliphatic hydroxyl groups excluding tert-OH is 2. The maximum Gasteiger partial charge on any atom is 1.00 e. The first kappa shape index (κ1) is 26.5. The molecule has 0 heterocycles. The van der Waals surface area contributed by atoms with E-state index in [1.807, 2.05) is 13.8 Å². The molecule has 11 atom stereocenters. The SMILES string of the molecule is [2H]C1([2H])C[C@]2(C)C3C[C@H](O)[C@@]4(C)C(CC[C@@H]4[C@H](C)CCC(=O)[O-])C3[C@H](O)C[C@@H]2C([2H])([2H])[C@@H]1OS(=O)(=O)[O-].[Na+].[Na+]. The summed E-state index contributed by atoms with van der Waals surface area (Å²) in [6.45, 7) is 5.72. The molecular formula is C24H38Na2O8S. The van der Waals surface area contributed by atoms with E-state index in [1.54, 1.807) is 6.92 Å². The van der Waals surface area contributed by atoms with Crippen LogP contribution in [-0.4, -0.2) is 47.5 Å². The standard InChI is InChI=1S/C24H40O8S.2Na/c1-13(4-7-21(27)28)16-5-6-17-22-18(12-20(26)24(16,17)3)23(2)9-8-15(32-33(29,30)31)10-14(23)11-19(22)25;;/h13-20,22,25-26H,4-12H2,1-3H3,(H,27,28)(H,29,30,31);;/q;2*+1/p-2/t13-,14+,15-,16-,17?,18?,19-,20+,22?,23+,24-;;/m1../s1/i8D2,10D2;;. The zero-order valence-electron chi connectivity index (χ0n) is 25.4. The Labute approximate surface area is 259 Å². The minimum atomic E-state index is -5.39. The van der Waals surface area contributed by atoms with Gasteiger partial charge in [0.1, 0.15) is 0 Å². The van der Waals surface area contributed by atoms with Gasteiger partial charge in [0.05, 0.1) is 18.3 Å². The van der Waals surface area contributed by atoms with Gasteiger partial charge in [0.15, 0.2) is 0 Å². The molecule has 35 heavy (non-hydrogen) atoms. The minimum Gasteiger partial charge on any atom is -0.726 e. The van der Waals surface area contributed by atoms with Crippen molar-refractivity contribution in [2.24, 2.45) is 46.3 Å². The molecule has 0 bridgehead atoms. The maximum absolute atomic E-state index is 11.6. The third kappa shape index (κ3) is 6.06. The van der Waals surface area contributed by atoms with Crippen molar-refractivity contribution in [2.75, 3.05) is 0 Å². The average Bonchev–Trinajstić information content (AvgIpc) is 3.10. The van der Waals surface area contributed by atoms with Crippen molar-refractivity contribution in [3.63, 3.8) is 0 Å². The summed E-state index contributed by atoms with van der Waals surface area (Å²) in [5, 5.41) is 34.1. The van der Waals surface area contributed by atoms with Gasteiger partial charge in [0.25, 0.3) is 0 Å². The second-order valence-electron chi connectivity index (χ2n) is 11.3. The van der Waals surface area contributed by atoms with Gasteiger partial charge < -0.3 is 24.7 Å². The third-order valence-corrected chi connectivity index (χ3v) is 10.2. The summed E-state index contributed by atoms with van der Waals surface area (Å²) in [5.41, 5.74) is -1.63. The molecule has 4 saturated carbocycles. The molecule has 8 nitrogen and oxygen atoms in total. The van der Waals surface area contributed by atoms with E-state index in [0.717, 1.165) is 6.42 Å². The molecule has 190 valence electrons. The van der Waals surface area contributed by atoms with Crippen molar-refractivity contribution in [3.05, 3.63) is 0 Å². The fraction of sp³-hybridized carbons (Fsp3) is 0.958. The van der Waals surface area contributed by atoms with Crippen LogP contribution < -0.4 is 64.2 Å². The van der Waals surface area contributed by atoms with Crippen LogP contribution in [0, 0.1) is 46.3 Å². The van der Waals surface area contributed by atoms with Gasteiger partial charge in [0, 0.05) is 11.5 Å². The van der Waals surface area contributed by atoms with Crippen LogP contribution in [0.15, 0.2) is 0 Å². The summed E-state index contributed by atoms with van der Waals surface area (Å²) >= 11 is 0. The number of carbonyl (C=O) groups excluding carboxylic acids is 1. The first-order valence-corrected chi connectivity index (χ1v) is 13.3. The Hall–Kier alpha value is 1.26. The fourth-order valence-corrected chi connectivity index (χ4v) is 8.51. The Kier molecular flexibility index (Phi) is 8.92. The van der Waals surface area contributed by atoms with Gasteiger partial charge in [0.2, 0.25) is 10.4 Å². The van der Waals surface area contributed by atoms with Crippen LogP contribution in [0.25, 0.3) is 0 Å². The largest absolute Gasteiger partial charge is 1.00 e. The van der Waals surface area contributed by atoms with E-state index in [2.05, 4.69) is 4.18 Å². The van der Waals surface area contributed by atoms with Gasteiger partial charge >= 0.3 is 59.1 Å². The molecule has 0 aromatic carbocycles. The van der Waals surface area contributed by atoms with E-state index in [1.165, 1.54) is 0 Å². The molecule has 2 N–H and O–H groups in total. The fourth-order valence-electron chi connectivity index (χ4n) is 8.15.